The van der Waals surface area contributed by atoms with Crippen molar-refractivity contribution in [2.45, 2.75) is 19.1 Å². The van der Waals surface area contributed by atoms with E-state index in [1.807, 2.05) is 6.07 Å². The first-order valence-corrected chi connectivity index (χ1v) is 5.86. The number of para-hydroxylation sites is 1. The van der Waals surface area contributed by atoms with Gasteiger partial charge in [0, 0.05) is 0 Å². The second-order valence-electron chi connectivity index (χ2n) is 4.03. The van der Waals surface area contributed by atoms with Crippen LogP contribution in [0.4, 0.5) is 0 Å². The number of amides is 2. The summed E-state index contributed by atoms with van der Waals surface area (Å²) in [6.45, 7) is 1.20. The van der Waals surface area contributed by atoms with Gasteiger partial charge in [-0.15, -0.1) is 0 Å². The maximum absolute atomic E-state index is 11.7. The molecule has 7 heteroatoms. The molecular weight excluding hydrogens is 262 g/mol. The van der Waals surface area contributed by atoms with Crippen LogP contribution in [0.5, 0.6) is 5.75 Å². The topological polar surface area (TPSA) is 125 Å². The van der Waals surface area contributed by atoms with Crippen LogP contribution in [0, 0.1) is 11.3 Å². The van der Waals surface area contributed by atoms with Crippen LogP contribution in [0.1, 0.15) is 12.5 Å². The third kappa shape index (κ3) is 4.26. The predicted molar refractivity (Wildman–Crippen MR) is 69.5 cm³/mol. The van der Waals surface area contributed by atoms with Gasteiger partial charge in [0.15, 0.2) is 6.10 Å². The lowest BCUT2D eigenvalue weighted by atomic mass is 10.2. The molecule has 7 nitrogen and oxygen atoms in total. The van der Waals surface area contributed by atoms with E-state index >= 15 is 0 Å². The van der Waals surface area contributed by atoms with Crippen molar-refractivity contribution in [1.29, 1.82) is 5.26 Å². The van der Waals surface area contributed by atoms with Crippen molar-refractivity contribution in [3.05, 3.63) is 29.8 Å². The SMILES string of the molecule is CC(Oc1ccccc1C#N)C(=O)NCC(O)C(N)=O. The van der Waals surface area contributed by atoms with E-state index in [1.165, 1.54) is 6.92 Å². The Morgan fingerprint density at radius 3 is 2.75 bits per heavy atom. The number of hydrogen-bond donors (Lipinski definition) is 3. The minimum Gasteiger partial charge on any atom is -0.480 e. The Hall–Kier alpha value is -2.59. The van der Waals surface area contributed by atoms with E-state index < -0.39 is 24.0 Å². The van der Waals surface area contributed by atoms with Crippen LogP contribution < -0.4 is 15.8 Å². The zero-order valence-corrected chi connectivity index (χ0v) is 10.9. The highest BCUT2D eigenvalue weighted by Crippen LogP contribution is 2.17. The molecule has 0 aliphatic rings. The number of carbonyl (C=O) groups is 2. The lowest BCUT2D eigenvalue weighted by Crippen LogP contribution is -2.44. The third-order valence-corrected chi connectivity index (χ3v) is 2.48. The fraction of sp³-hybridized carbons (Fsp3) is 0.308. The van der Waals surface area contributed by atoms with Crippen molar-refractivity contribution < 1.29 is 19.4 Å². The molecule has 2 unspecified atom stereocenters. The average molecular weight is 277 g/mol. The largest absolute Gasteiger partial charge is 0.480 e. The molecule has 0 aliphatic heterocycles. The zero-order valence-electron chi connectivity index (χ0n) is 10.9. The van der Waals surface area contributed by atoms with Crippen LogP contribution in [0.3, 0.4) is 0 Å². The fourth-order valence-electron chi connectivity index (χ4n) is 1.35. The molecule has 106 valence electrons. The Labute approximate surface area is 115 Å². The smallest absolute Gasteiger partial charge is 0.260 e. The first-order valence-electron chi connectivity index (χ1n) is 5.86. The average Bonchev–Trinajstić information content (AvgIpc) is 2.44. The number of nitriles is 1. The molecule has 0 fully saturated rings. The second-order valence-corrected chi connectivity index (χ2v) is 4.03. The van der Waals surface area contributed by atoms with Gasteiger partial charge in [0.05, 0.1) is 12.1 Å². The summed E-state index contributed by atoms with van der Waals surface area (Å²) in [5.41, 5.74) is 5.16. The maximum Gasteiger partial charge on any atom is 0.260 e. The molecule has 0 saturated carbocycles. The van der Waals surface area contributed by atoms with E-state index in [-0.39, 0.29) is 12.3 Å². The number of carbonyl (C=O) groups excluding carboxylic acids is 2. The number of aliphatic hydroxyl groups is 1. The molecule has 2 amide bonds. The number of nitrogens with one attached hydrogen (secondary N) is 1. The quantitative estimate of drug-likeness (QED) is 0.633. The zero-order chi connectivity index (χ0) is 15.1. The van der Waals surface area contributed by atoms with Crippen LogP contribution in [0.2, 0.25) is 0 Å². The monoisotopic (exact) mass is 277 g/mol. The molecule has 0 aliphatic carbocycles. The summed E-state index contributed by atoms with van der Waals surface area (Å²) in [6.07, 6.45) is -2.33. The van der Waals surface area contributed by atoms with Crippen molar-refractivity contribution in [2.75, 3.05) is 6.54 Å². The molecule has 0 spiro atoms. The van der Waals surface area contributed by atoms with E-state index in [9.17, 15) is 9.59 Å². The van der Waals surface area contributed by atoms with Gasteiger partial charge in [0.2, 0.25) is 5.91 Å². The summed E-state index contributed by atoms with van der Waals surface area (Å²) >= 11 is 0. The van der Waals surface area contributed by atoms with Gasteiger partial charge in [-0.25, -0.2) is 0 Å². The molecule has 0 aromatic heterocycles. The van der Waals surface area contributed by atoms with Gasteiger partial charge < -0.3 is 20.9 Å². The Bertz CT molecular complexity index is 539. The number of benzene rings is 1. The van der Waals surface area contributed by atoms with Crippen molar-refractivity contribution in [3.63, 3.8) is 0 Å². The summed E-state index contributed by atoms with van der Waals surface area (Å²) in [5.74, 6) is -1.17. The van der Waals surface area contributed by atoms with Gasteiger partial charge in [0.1, 0.15) is 17.9 Å². The molecule has 0 bridgehead atoms. The van der Waals surface area contributed by atoms with Crippen LogP contribution in [-0.2, 0) is 9.59 Å². The highest BCUT2D eigenvalue weighted by Gasteiger charge is 2.18. The summed E-state index contributed by atoms with van der Waals surface area (Å²) in [6, 6.07) is 8.44. The van der Waals surface area contributed by atoms with Gasteiger partial charge in [0.25, 0.3) is 5.91 Å². The summed E-state index contributed by atoms with van der Waals surface area (Å²) in [4.78, 5) is 22.3. The Kier molecular flexibility index (Phi) is 5.50. The van der Waals surface area contributed by atoms with Crippen LogP contribution in [0.25, 0.3) is 0 Å². The van der Waals surface area contributed by atoms with Gasteiger partial charge in [-0.3, -0.25) is 9.59 Å². The first-order chi connectivity index (χ1) is 9.45. The van der Waals surface area contributed by atoms with Crippen molar-refractivity contribution >= 4 is 11.8 Å². The summed E-state index contributed by atoms with van der Waals surface area (Å²) < 4.78 is 5.36. The predicted octanol–water partition coefficient (Wildman–Crippen LogP) is -0.712. The molecule has 1 aromatic carbocycles. The third-order valence-electron chi connectivity index (χ3n) is 2.48. The number of primary amides is 1. The van der Waals surface area contributed by atoms with Gasteiger partial charge in [-0.1, -0.05) is 12.1 Å². The highest BCUT2D eigenvalue weighted by molar-refractivity contribution is 5.83. The molecule has 2 atom stereocenters. The molecule has 1 rings (SSSR count). The first kappa shape index (κ1) is 15.5. The van der Waals surface area contributed by atoms with Crippen LogP contribution in [-0.4, -0.2) is 35.7 Å². The van der Waals surface area contributed by atoms with E-state index in [2.05, 4.69) is 5.32 Å². The fourth-order valence-corrected chi connectivity index (χ4v) is 1.35. The molecule has 1 aromatic rings. The van der Waals surface area contributed by atoms with Crippen molar-refractivity contribution in [1.82, 2.24) is 5.32 Å². The van der Waals surface area contributed by atoms with Crippen molar-refractivity contribution in [3.8, 4) is 11.8 Å². The lowest BCUT2D eigenvalue weighted by Gasteiger charge is -2.16. The van der Waals surface area contributed by atoms with E-state index in [0.29, 0.717) is 5.56 Å². The molecule has 4 N–H and O–H groups in total. The van der Waals surface area contributed by atoms with Gasteiger partial charge in [-0.2, -0.15) is 5.26 Å². The standard InChI is InChI=1S/C13H15N3O4/c1-8(13(19)16-7-10(17)12(15)18)20-11-5-3-2-4-9(11)6-14/h2-5,8,10,17H,7H2,1H3,(H2,15,18)(H,16,19). The number of nitrogens with two attached hydrogens (primary N) is 1. The Balaban J connectivity index is 2.58. The molecule has 0 heterocycles. The molecular formula is C13H15N3O4. The van der Waals surface area contributed by atoms with Crippen molar-refractivity contribution in [2.24, 2.45) is 5.73 Å². The Morgan fingerprint density at radius 1 is 1.50 bits per heavy atom. The summed E-state index contributed by atoms with van der Waals surface area (Å²) in [7, 11) is 0. The molecule has 0 radical (unpaired) electrons. The molecule has 0 saturated heterocycles. The number of nitrogens with zero attached hydrogens (tertiary/aromatic N) is 1. The van der Waals surface area contributed by atoms with E-state index in [0.717, 1.165) is 0 Å². The normalized spacial score (nSPS) is 12.8. The van der Waals surface area contributed by atoms with Crippen LogP contribution >= 0.6 is 0 Å². The highest BCUT2D eigenvalue weighted by atomic mass is 16.5. The Morgan fingerprint density at radius 2 is 2.15 bits per heavy atom. The van der Waals surface area contributed by atoms with E-state index in [4.69, 9.17) is 20.8 Å². The second kappa shape index (κ2) is 7.11. The number of aliphatic hydroxyl groups excluding tert-OH is 1. The molecule has 20 heavy (non-hydrogen) atoms. The minimum absolute atomic E-state index is 0.285. The number of hydrogen-bond acceptors (Lipinski definition) is 5. The minimum atomic E-state index is -1.45. The van der Waals surface area contributed by atoms with Gasteiger partial charge >= 0.3 is 0 Å². The van der Waals surface area contributed by atoms with E-state index in [1.54, 1.807) is 24.3 Å². The maximum atomic E-state index is 11.7. The van der Waals surface area contributed by atoms with Gasteiger partial charge in [-0.05, 0) is 19.1 Å². The summed E-state index contributed by atoms with van der Waals surface area (Å²) in [5, 5.41) is 20.4. The lowest BCUT2D eigenvalue weighted by molar-refractivity contribution is -0.129. The number of ether oxygens (including phenoxy) is 1. The number of rotatable bonds is 6. The van der Waals surface area contributed by atoms with Crippen LogP contribution in [0.15, 0.2) is 24.3 Å².